The second-order valence-corrected chi connectivity index (χ2v) is 9.28. The highest BCUT2D eigenvalue weighted by molar-refractivity contribution is 7.80. The van der Waals surface area contributed by atoms with Crippen LogP contribution >= 0.6 is 23.6 Å². The predicted molar refractivity (Wildman–Crippen MR) is 133 cm³/mol. The number of aromatic nitrogens is 4. The Morgan fingerprint density at radius 2 is 1.97 bits per heavy atom. The van der Waals surface area contributed by atoms with Gasteiger partial charge in [-0.2, -0.15) is 9.61 Å². The molecule has 4 aromatic rings. The summed E-state index contributed by atoms with van der Waals surface area (Å²) in [5.41, 5.74) is 2.52. The number of hydrogen-bond acceptors (Lipinski definition) is 7. The van der Waals surface area contributed by atoms with Gasteiger partial charge in [0.15, 0.2) is 10.9 Å². The Labute approximate surface area is 201 Å². The van der Waals surface area contributed by atoms with E-state index in [4.69, 9.17) is 17.0 Å². The number of fused-ring (bicyclic) bond motifs is 1. The maximum atomic E-state index is 12.5. The number of thiocarbonyl (C=S) groups is 1. The second-order valence-electron chi connectivity index (χ2n) is 7.92. The van der Waals surface area contributed by atoms with Gasteiger partial charge in [0.05, 0.1) is 6.61 Å². The molecule has 0 spiro atoms. The Balaban J connectivity index is 1.30. The zero-order chi connectivity index (χ0) is 23.4. The third kappa shape index (κ3) is 5.71. The standard InChI is InChI=1S/C23H24N6O2S2/c1-14(2)13-31-19-6-4-5-18(11-19)20(30)25-22(32)24-12-16-7-9-17(10-8-16)21-28-29-15(3)26-27-23(29)33-21/h4-11,14H,12-13H2,1-3H3,(H2,24,25,30,32). The van der Waals surface area contributed by atoms with Crippen LogP contribution in [0, 0.1) is 12.8 Å². The van der Waals surface area contributed by atoms with Gasteiger partial charge >= 0.3 is 0 Å². The summed E-state index contributed by atoms with van der Waals surface area (Å²) >= 11 is 6.78. The Morgan fingerprint density at radius 3 is 2.70 bits per heavy atom. The number of aryl methyl sites for hydroxylation is 1. The Hall–Kier alpha value is -3.37. The normalized spacial score (nSPS) is 11.0. The highest BCUT2D eigenvalue weighted by atomic mass is 32.1. The van der Waals surface area contributed by atoms with E-state index >= 15 is 0 Å². The zero-order valence-corrected chi connectivity index (χ0v) is 20.2. The first-order chi connectivity index (χ1) is 15.9. The SMILES string of the molecule is Cc1nnc2sc(-c3ccc(CNC(=S)NC(=O)c4cccc(OCC(C)C)c4)cc3)nn12. The summed E-state index contributed by atoms with van der Waals surface area (Å²) in [6.45, 7) is 7.10. The van der Waals surface area contributed by atoms with Crippen molar-refractivity contribution in [2.75, 3.05) is 6.61 Å². The average molecular weight is 481 g/mol. The minimum absolute atomic E-state index is 0.265. The molecule has 2 aromatic carbocycles. The molecule has 0 radical (unpaired) electrons. The lowest BCUT2D eigenvalue weighted by Crippen LogP contribution is -2.38. The van der Waals surface area contributed by atoms with Gasteiger partial charge in [-0.05, 0) is 48.8 Å². The van der Waals surface area contributed by atoms with E-state index < -0.39 is 0 Å². The van der Waals surface area contributed by atoms with E-state index in [-0.39, 0.29) is 11.0 Å². The molecule has 0 aliphatic carbocycles. The first kappa shape index (κ1) is 22.8. The third-order valence-corrected chi connectivity index (χ3v) is 5.90. The van der Waals surface area contributed by atoms with Gasteiger partial charge in [0, 0.05) is 17.7 Å². The van der Waals surface area contributed by atoms with Crippen molar-refractivity contribution in [3.05, 3.63) is 65.5 Å². The fraction of sp³-hybridized carbons (Fsp3) is 0.261. The van der Waals surface area contributed by atoms with Crippen molar-refractivity contribution in [2.45, 2.75) is 27.3 Å². The van der Waals surface area contributed by atoms with Crippen molar-refractivity contribution < 1.29 is 9.53 Å². The van der Waals surface area contributed by atoms with Crippen molar-refractivity contribution in [1.82, 2.24) is 30.4 Å². The summed E-state index contributed by atoms with van der Waals surface area (Å²) in [7, 11) is 0. The lowest BCUT2D eigenvalue weighted by Gasteiger charge is -2.12. The van der Waals surface area contributed by atoms with Crippen molar-refractivity contribution in [3.63, 3.8) is 0 Å². The van der Waals surface area contributed by atoms with Gasteiger partial charge in [0.2, 0.25) is 4.96 Å². The lowest BCUT2D eigenvalue weighted by atomic mass is 10.1. The molecule has 170 valence electrons. The highest BCUT2D eigenvalue weighted by Gasteiger charge is 2.11. The monoisotopic (exact) mass is 480 g/mol. The molecule has 8 nitrogen and oxygen atoms in total. The lowest BCUT2D eigenvalue weighted by molar-refractivity contribution is 0.0976. The topological polar surface area (TPSA) is 93.4 Å². The van der Waals surface area contributed by atoms with Crippen LogP contribution in [-0.2, 0) is 6.54 Å². The first-order valence-electron chi connectivity index (χ1n) is 10.5. The molecule has 0 fully saturated rings. The Kier molecular flexibility index (Phi) is 6.95. The van der Waals surface area contributed by atoms with E-state index in [0.717, 1.165) is 26.9 Å². The molecule has 10 heteroatoms. The van der Waals surface area contributed by atoms with Crippen LogP contribution in [0.2, 0.25) is 0 Å². The molecule has 33 heavy (non-hydrogen) atoms. The minimum Gasteiger partial charge on any atom is -0.493 e. The van der Waals surface area contributed by atoms with Gasteiger partial charge in [-0.3, -0.25) is 10.1 Å². The van der Waals surface area contributed by atoms with E-state index in [1.807, 2.05) is 37.3 Å². The minimum atomic E-state index is -0.281. The van der Waals surface area contributed by atoms with Crippen LogP contribution in [0.3, 0.4) is 0 Å². The predicted octanol–water partition coefficient (Wildman–Crippen LogP) is 4.00. The quantitative estimate of drug-likeness (QED) is 0.386. The smallest absolute Gasteiger partial charge is 0.257 e. The zero-order valence-electron chi connectivity index (χ0n) is 18.5. The van der Waals surface area contributed by atoms with Gasteiger partial charge < -0.3 is 10.1 Å². The number of rotatable bonds is 7. The van der Waals surface area contributed by atoms with E-state index in [2.05, 4.69) is 39.8 Å². The summed E-state index contributed by atoms with van der Waals surface area (Å²) in [6.07, 6.45) is 0. The fourth-order valence-electron chi connectivity index (χ4n) is 2.99. The number of hydrogen-bond donors (Lipinski definition) is 2. The largest absolute Gasteiger partial charge is 0.493 e. The summed E-state index contributed by atoms with van der Waals surface area (Å²) in [5, 5.41) is 19.6. The molecular formula is C23H24N6O2S2. The van der Waals surface area contributed by atoms with Gasteiger partial charge in [-0.15, -0.1) is 10.2 Å². The van der Waals surface area contributed by atoms with Crippen molar-refractivity contribution >= 4 is 39.5 Å². The van der Waals surface area contributed by atoms with Gasteiger partial charge in [0.25, 0.3) is 5.91 Å². The molecule has 0 bridgehead atoms. The number of nitrogens with zero attached hydrogens (tertiary/aromatic N) is 4. The number of carbonyl (C=O) groups is 1. The average Bonchev–Trinajstić information content (AvgIpc) is 3.39. The van der Waals surface area contributed by atoms with E-state index in [1.165, 1.54) is 11.3 Å². The summed E-state index contributed by atoms with van der Waals surface area (Å²) in [5.74, 6) is 1.55. The number of benzene rings is 2. The number of nitrogens with one attached hydrogen (secondary N) is 2. The first-order valence-corrected chi connectivity index (χ1v) is 11.7. The van der Waals surface area contributed by atoms with Gasteiger partial charge in [0.1, 0.15) is 10.8 Å². The molecule has 4 rings (SSSR count). The highest BCUT2D eigenvalue weighted by Crippen LogP contribution is 2.25. The van der Waals surface area contributed by atoms with Crippen molar-refractivity contribution in [1.29, 1.82) is 0 Å². The third-order valence-electron chi connectivity index (χ3n) is 4.71. The molecule has 1 amide bonds. The van der Waals surface area contributed by atoms with Crippen LogP contribution in [0.5, 0.6) is 5.75 Å². The molecule has 2 N–H and O–H groups in total. The van der Waals surface area contributed by atoms with Crippen LogP contribution < -0.4 is 15.4 Å². The summed E-state index contributed by atoms with van der Waals surface area (Å²) in [4.78, 5) is 13.3. The summed E-state index contributed by atoms with van der Waals surface area (Å²) < 4.78 is 7.43. The molecule has 0 atom stereocenters. The van der Waals surface area contributed by atoms with Crippen molar-refractivity contribution in [3.8, 4) is 16.3 Å². The maximum Gasteiger partial charge on any atom is 0.257 e. The van der Waals surface area contributed by atoms with E-state index in [0.29, 0.717) is 30.4 Å². The number of amides is 1. The second kappa shape index (κ2) is 10.1. The molecular weight excluding hydrogens is 456 g/mol. The van der Waals surface area contributed by atoms with Crippen LogP contribution in [0.25, 0.3) is 15.5 Å². The van der Waals surface area contributed by atoms with Gasteiger partial charge in [-0.25, -0.2) is 0 Å². The summed E-state index contributed by atoms with van der Waals surface area (Å²) in [6, 6.07) is 15.1. The molecule has 0 unspecified atom stereocenters. The van der Waals surface area contributed by atoms with Crippen molar-refractivity contribution in [2.24, 2.45) is 5.92 Å². The molecule has 0 saturated heterocycles. The maximum absolute atomic E-state index is 12.5. The van der Waals surface area contributed by atoms with Crippen LogP contribution in [0.4, 0.5) is 0 Å². The molecule has 0 saturated carbocycles. The van der Waals surface area contributed by atoms with Gasteiger partial charge in [-0.1, -0.05) is 55.5 Å². The molecule has 2 aromatic heterocycles. The number of ether oxygens (including phenoxy) is 1. The molecule has 0 aliphatic heterocycles. The number of carbonyl (C=O) groups excluding carboxylic acids is 1. The fourth-order valence-corrected chi connectivity index (χ4v) is 4.04. The van der Waals surface area contributed by atoms with Crippen LogP contribution in [-0.4, -0.2) is 37.4 Å². The molecule has 2 heterocycles. The van der Waals surface area contributed by atoms with E-state index in [1.54, 1.807) is 22.7 Å². The molecule has 0 aliphatic rings. The van der Waals surface area contributed by atoms with Crippen LogP contribution in [0.1, 0.15) is 35.6 Å². The Bertz CT molecular complexity index is 1280. The van der Waals surface area contributed by atoms with E-state index in [9.17, 15) is 4.79 Å². The Morgan fingerprint density at radius 1 is 1.18 bits per heavy atom. The van der Waals surface area contributed by atoms with Crippen LogP contribution in [0.15, 0.2) is 48.5 Å².